The lowest BCUT2D eigenvalue weighted by Crippen LogP contribution is -2.29. The lowest BCUT2D eigenvalue weighted by atomic mass is 10.1. The Morgan fingerprint density at radius 3 is 2.54 bits per heavy atom. The second kappa shape index (κ2) is 6.62. The van der Waals surface area contributed by atoms with Crippen LogP contribution in [0.2, 0.25) is 0 Å². The third kappa shape index (κ3) is 3.48. The maximum atomic E-state index is 11.8. The molecule has 0 bridgehead atoms. The first-order chi connectivity index (χ1) is 11.5. The molecule has 124 valence electrons. The van der Waals surface area contributed by atoms with Gasteiger partial charge in [-0.3, -0.25) is 9.59 Å². The van der Waals surface area contributed by atoms with Gasteiger partial charge in [-0.25, -0.2) is 0 Å². The van der Waals surface area contributed by atoms with Gasteiger partial charge < -0.3 is 20.6 Å². The lowest BCUT2D eigenvalue weighted by molar-refractivity contribution is -0.135. The molecule has 3 N–H and O–H groups in total. The number of hydrogen-bond acceptors (Lipinski definition) is 4. The van der Waals surface area contributed by atoms with Crippen molar-refractivity contribution in [1.82, 2.24) is 5.32 Å². The van der Waals surface area contributed by atoms with Crippen LogP contribution in [-0.2, 0) is 11.2 Å². The number of hydrogen-bond donors (Lipinski definition) is 3. The number of nitrogens with zero attached hydrogens (tertiary/aromatic N) is 1. The normalized spacial score (nSPS) is 12.6. The van der Waals surface area contributed by atoms with Crippen molar-refractivity contribution in [3.63, 3.8) is 0 Å². The topological polar surface area (TPSA) is 81.7 Å². The Labute approximate surface area is 140 Å². The molecule has 2 aromatic rings. The van der Waals surface area contributed by atoms with Crippen molar-refractivity contribution >= 4 is 28.9 Å². The van der Waals surface area contributed by atoms with Gasteiger partial charge in [-0.15, -0.1) is 0 Å². The van der Waals surface area contributed by atoms with Gasteiger partial charge >= 0.3 is 5.97 Å². The zero-order valence-electron chi connectivity index (χ0n) is 13.4. The second-order valence-corrected chi connectivity index (χ2v) is 5.79. The van der Waals surface area contributed by atoms with Gasteiger partial charge in [0.1, 0.15) is 6.54 Å². The van der Waals surface area contributed by atoms with E-state index in [1.165, 1.54) is 11.3 Å². The number of carbonyl (C=O) groups is 2. The number of carbonyl (C=O) groups excluding carboxylic acids is 1. The average molecular weight is 325 g/mol. The number of nitrogens with one attached hydrogen (secondary N) is 2. The Morgan fingerprint density at radius 2 is 1.83 bits per heavy atom. The highest BCUT2D eigenvalue weighted by Gasteiger charge is 2.15. The van der Waals surface area contributed by atoms with Gasteiger partial charge in [-0.2, -0.15) is 0 Å². The SMILES string of the molecule is CN1CCc2cc(Nc3ccc(C(=O)NCC(=O)O)cc3)ccc21. The van der Waals surface area contributed by atoms with Crippen LogP contribution in [0.4, 0.5) is 17.1 Å². The van der Waals surface area contributed by atoms with Crippen LogP contribution in [0.3, 0.4) is 0 Å². The number of anilines is 3. The molecule has 6 heteroatoms. The van der Waals surface area contributed by atoms with E-state index in [0.29, 0.717) is 5.56 Å². The summed E-state index contributed by atoms with van der Waals surface area (Å²) in [4.78, 5) is 24.5. The molecular formula is C18H19N3O3. The fourth-order valence-electron chi connectivity index (χ4n) is 2.77. The zero-order valence-corrected chi connectivity index (χ0v) is 13.4. The molecule has 6 nitrogen and oxygen atoms in total. The number of aliphatic carboxylic acids is 1. The number of carboxylic acid groups (broad SMARTS) is 1. The molecule has 3 rings (SSSR count). The fraction of sp³-hybridized carbons (Fsp3) is 0.222. The summed E-state index contributed by atoms with van der Waals surface area (Å²) in [5.41, 5.74) is 4.90. The van der Waals surface area contributed by atoms with Crippen LogP contribution in [0.15, 0.2) is 42.5 Å². The summed E-state index contributed by atoms with van der Waals surface area (Å²) in [5, 5.41) is 14.2. The summed E-state index contributed by atoms with van der Waals surface area (Å²) < 4.78 is 0. The van der Waals surface area contributed by atoms with Gasteiger partial charge in [0.25, 0.3) is 5.91 Å². The third-order valence-corrected chi connectivity index (χ3v) is 4.04. The molecule has 0 aliphatic carbocycles. The minimum atomic E-state index is -1.07. The van der Waals surface area contributed by atoms with Crippen LogP contribution in [0.1, 0.15) is 15.9 Å². The minimum Gasteiger partial charge on any atom is -0.480 e. The molecule has 2 aromatic carbocycles. The minimum absolute atomic E-state index is 0.387. The van der Waals surface area contributed by atoms with E-state index >= 15 is 0 Å². The maximum absolute atomic E-state index is 11.8. The van der Waals surface area contributed by atoms with Crippen LogP contribution in [0.25, 0.3) is 0 Å². The van der Waals surface area contributed by atoms with E-state index in [1.807, 2.05) is 6.07 Å². The first-order valence-corrected chi connectivity index (χ1v) is 7.74. The number of likely N-dealkylation sites (N-methyl/N-ethyl adjacent to an activating group) is 1. The van der Waals surface area contributed by atoms with Crippen molar-refractivity contribution in [1.29, 1.82) is 0 Å². The van der Waals surface area contributed by atoms with Gasteiger partial charge in [-0.1, -0.05) is 0 Å². The van der Waals surface area contributed by atoms with Crippen LogP contribution >= 0.6 is 0 Å². The molecule has 1 amide bonds. The maximum Gasteiger partial charge on any atom is 0.322 e. The van der Waals surface area contributed by atoms with E-state index in [2.05, 4.69) is 34.7 Å². The van der Waals surface area contributed by atoms with Crippen molar-refractivity contribution in [2.24, 2.45) is 0 Å². The van der Waals surface area contributed by atoms with Crippen molar-refractivity contribution in [3.05, 3.63) is 53.6 Å². The first kappa shape index (κ1) is 15.9. The monoisotopic (exact) mass is 325 g/mol. The smallest absolute Gasteiger partial charge is 0.322 e. The molecule has 0 saturated heterocycles. The standard InChI is InChI=1S/C18H19N3O3/c1-21-9-8-13-10-15(6-7-16(13)21)20-14-4-2-12(3-5-14)18(24)19-11-17(22)23/h2-7,10,20H,8-9,11H2,1H3,(H,19,24)(H,22,23). The van der Waals surface area contributed by atoms with Crippen molar-refractivity contribution in [2.45, 2.75) is 6.42 Å². The van der Waals surface area contributed by atoms with Gasteiger partial charge in [0.05, 0.1) is 0 Å². The van der Waals surface area contributed by atoms with E-state index in [-0.39, 0.29) is 6.54 Å². The molecule has 1 heterocycles. The van der Waals surface area contributed by atoms with E-state index < -0.39 is 11.9 Å². The van der Waals surface area contributed by atoms with Crippen LogP contribution in [0, 0.1) is 0 Å². The summed E-state index contributed by atoms with van der Waals surface area (Å²) in [6.45, 7) is 0.654. The van der Waals surface area contributed by atoms with Crippen LogP contribution < -0.4 is 15.5 Å². The largest absolute Gasteiger partial charge is 0.480 e. The van der Waals surface area contributed by atoms with E-state index in [0.717, 1.165) is 24.3 Å². The van der Waals surface area contributed by atoms with Crippen molar-refractivity contribution in [3.8, 4) is 0 Å². The van der Waals surface area contributed by atoms with Gasteiger partial charge in [0.2, 0.25) is 0 Å². The lowest BCUT2D eigenvalue weighted by Gasteiger charge is -2.13. The van der Waals surface area contributed by atoms with Crippen molar-refractivity contribution < 1.29 is 14.7 Å². The molecule has 0 spiro atoms. The highest BCUT2D eigenvalue weighted by molar-refractivity contribution is 5.96. The van der Waals surface area contributed by atoms with Gasteiger partial charge in [0, 0.05) is 36.2 Å². The van der Waals surface area contributed by atoms with Crippen LogP contribution in [-0.4, -0.2) is 37.1 Å². The zero-order chi connectivity index (χ0) is 17.1. The molecule has 24 heavy (non-hydrogen) atoms. The molecular weight excluding hydrogens is 306 g/mol. The molecule has 0 fully saturated rings. The number of carboxylic acids is 1. The predicted octanol–water partition coefficient (Wildman–Crippen LogP) is 2.24. The summed E-state index contributed by atoms with van der Waals surface area (Å²) in [6.07, 6.45) is 1.05. The molecule has 0 radical (unpaired) electrons. The Morgan fingerprint density at radius 1 is 1.12 bits per heavy atom. The van der Waals surface area contributed by atoms with E-state index in [4.69, 9.17) is 5.11 Å². The molecule has 0 aromatic heterocycles. The van der Waals surface area contributed by atoms with Crippen LogP contribution in [0.5, 0.6) is 0 Å². The molecule has 0 atom stereocenters. The summed E-state index contributed by atoms with van der Waals surface area (Å²) >= 11 is 0. The molecule has 0 unspecified atom stereocenters. The second-order valence-electron chi connectivity index (χ2n) is 5.79. The summed E-state index contributed by atoms with van der Waals surface area (Å²) in [7, 11) is 2.09. The molecule has 0 saturated carbocycles. The quantitative estimate of drug-likeness (QED) is 0.785. The number of rotatable bonds is 5. The Bertz CT molecular complexity index is 772. The average Bonchev–Trinajstić information content (AvgIpc) is 2.94. The highest BCUT2D eigenvalue weighted by atomic mass is 16.4. The number of fused-ring (bicyclic) bond motifs is 1. The Hall–Kier alpha value is -3.02. The summed E-state index contributed by atoms with van der Waals surface area (Å²) in [6, 6.07) is 13.2. The number of benzene rings is 2. The predicted molar refractivity (Wildman–Crippen MR) is 93.1 cm³/mol. The summed E-state index contributed by atoms with van der Waals surface area (Å²) in [5.74, 6) is -1.46. The van der Waals surface area contributed by atoms with E-state index in [9.17, 15) is 9.59 Å². The fourth-order valence-corrected chi connectivity index (χ4v) is 2.77. The Balaban J connectivity index is 1.66. The van der Waals surface area contributed by atoms with Gasteiger partial charge in [-0.05, 0) is 54.4 Å². The molecule has 1 aliphatic rings. The number of amides is 1. The highest BCUT2D eigenvalue weighted by Crippen LogP contribution is 2.30. The van der Waals surface area contributed by atoms with Gasteiger partial charge in [0.15, 0.2) is 0 Å². The molecule has 1 aliphatic heterocycles. The third-order valence-electron chi connectivity index (χ3n) is 4.04. The van der Waals surface area contributed by atoms with E-state index in [1.54, 1.807) is 24.3 Å². The first-order valence-electron chi connectivity index (χ1n) is 7.74. The van der Waals surface area contributed by atoms with Crippen molar-refractivity contribution in [2.75, 3.05) is 30.4 Å². The Kier molecular flexibility index (Phi) is 4.37.